The maximum atomic E-state index is 12.6. The zero-order valence-corrected chi connectivity index (χ0v) is 43.2. The molecule has 0 aliphatic heterocycles. The van der Waals surface area contributed by atoms with Crippen molar-refractivity contribution in [1.82, 2.24) is 0 Å². The van der Waals surface area contributed by atoms with Crippen LogP contribution in [0.25, 0.3) is 0 Å². The van der Waals surface area contributed by atoms with Crippen molar-refractivity contribution in [3.8, 4) is 0 Å². The predicted octanol–water partition coefficient (Wildman–Crippen LogP) is 18.2. The number of unbranched alkanes of at least 4 members (excludes halogenated alkanes) is 42. The minimum atomic E-state index is -4.26. The average Bonchev–Trinajstić information content (AvgIpc) is 3.28. The van der Waals surface area contributed by atoms with Crippen LogP contribution >= 0.6 is 7.82 Å². The molecule has 0 aromatic carbocycles. The molecule has 0 aromatic heterocycles. The summed E-state index contributed by atoms with van der Waals surface area (Å²) in [6.45, 7) is 3.96. The van der Waals surface area contributed by atoms with Gasteiger partial charge in [-0.15, -0.1) is 0 Å². The third-order valence-electron chi connectivity index (χ3n) is 12.9. The van der Waals surface area contributed by atoms with Crippen LogP contribution in [0.1, 0.15) is 309 Å². The molecule has 0 saturated carbocycles. The van der Waals surface area contributed by atoms with Gasteiger partial charge >= 0.3 is 19.8 Å². The van der Waals surface area contributed by atoms with Crippen molar-refractivity contribution in [1.29, 1.82) is 0 Å². The highest BCUT2D eigenvalue weighted by Gasteiger charge is 2.24. The highest BCUT2D eigenvalue weighted by molar-refractivity contribution is 7.47. The molecule has 2 atom stereocenters. The second kappa shape index (κ2) is 50.5. The number of carbonyl (C=O) groups is 2. The van der Waals surface area contributed by atoms with E-state index in [9.17, 15) is 19.0 Å². The normalized spacial score (nSPS) is 13.0. The molecule has 0 heterocycles. The lowest BCUT2D eigenvalue weighted by Crippen LogP contribution is -2.29. The van der Waals surface area contributed by atoms with Crippen molar-refractivity contribution in [2.24, 2.45) is 0 Å². The van der Waals surface area contributed by atoms with Gasteiger partial charge in [0.2, 0.25) is 0 Å². The van der Waals surface area contributed by atoms with Gasteiger partial charge in [0.05, 0.1) is 6.61 Å². The first-order valence-corrected chi connectivity index (χ1v) is 29.2. The lowest BCUT2D eigenvalue weighted by atomic mass is 10.0. The Balaban J connectivity index is 3.79. The molecular formula is C54H107O8P. The van der Waals surface area contributed by atoms with Crippen molar-refractivity contribution >= 4 is 19.8 Å². The minimum Gasteiger partial charge on any atom is -0.462 e. The van der Waals surface area contributed by atoms with Crippen LogP contribution in [0.15, 0.2) is 0 Å². The summed E-state index contributed by atoms with van der Waals surface area (Å²) < 4.78 is 32.2. The van der Waals surface area contributed by atoms with Gasteiger partial charge < -0.3 is 14.4 Å². The summed E-state index contributed by atoms with van der Waals surface area (Å²) in [7, 11) is -3.19. The minimum absolute atomic E-state index is 0.215. The summed E-state index contributed by atoms with van der Waals surface area (Å²) in [6.07, 6.45) is 57.5. The average molecular weight is 915 g/mol. The molecule has 1 N–H and O–H groups in total. The van der Waals surface area contributed by atoms with E-state index in [0.717, 1.165) is 45.6 Å². The van der Waals surface area contributed by atoms with E-state index in [2.05, 4.69) is 18.4 Å². The molecule has 376 valence electrons. The highest BCUT2D eigenvalue weighted by atomic mass is 31.2. The van der Waals surface area contributed by atoms with Gasteiger partial charge in [0.25, 0.3) is 0 Å². The fraction of sp³-hybridized carbons (Fsp3) is 0.963. The first-order valence-electron chi connectivity index (χ1n) is 27.7. The largest absolute Gasteiger partial charge is 0.472 e. The fourth-order valence-electron chi connectivity index (χ4n) is 8.61. The summed E-state index contributed by atoms with van der Waals surface area (Å²) in [5, 5.41) is 0. The van der Waals surface area contributed by atoms with E-state index >= 15 is 0 Å². The van der Waals surface area contributed by atoms with Crippen molar-refractivity contribution in [2.45, 2.75) is 315 Å². The zero-order chi connectivity index (χ0) is 46.0. The van der Waals surface area contributed by atoms with Gasteiger partial charge in [-0.3, -0.25) is 18.6 Å². The van der Waals surface area contributed by atoms with Gasteiger partial charge in [0, 0.05) is 20.0 Å². The monoisotopic (exact) mass is 915 g/mol. The number of phosphoric acid groups is 1. The summed E-state index contributed by atoms with van der Waals surface area (Å²) in [5.74, 6) is -0.777. The van der Waals surface area contributed by atoms with Crippen LogP contribution in [0, 0.1) is 0 Å². The zero-order valence-electron chi connectivity index (χ0n) is 42.3. The Bertz CT molecular complexity index is 993. The van der Waals surface area contributed by atoms with Crippen molar-refractivity contribution in [2.75, 3.05) is 20.3 Å². The number of ether oxygens (including phenoxy) is 2. The summed E-state index contributed by atoms with van der Waals surface area (Å²) in [4.78, 5) is 34.7. The van der Waals surface area contributed by atoms with Crippen molar-refractivity contribution < 1.29 is 37.6 Å². The molecule has 8 nitrogen and oxygen atoms in total. The number of hydrogen-bond donors (Lipinski definition) is 1. The molecule has 0 saturated heterocycles. The van der Waals surface area contributed by atoms with E-state index in [1.54, 1.807) is 0 Å². The third kappa shape index (κ3) is 50.3. The first-order chi connectivity index (χ1) is 30.8. The van der Waals surface area contributed by atoms with E-state index in [1.807, 2.05) is 0 Å². The molecule has 0 bridgehead atoms. The lowest BCUT2D eigenvalue weighted by Gasteiger charge is -2.19. The molecule has 9 heteroatoms. The van der Waals surface area contributed by atoms with Gasteiger partial charge in [-0.25, -0.2) is 4.57 Å². The number of hydrogen-bond acceptors (Lipinski definition) is 7. The molecule has 0 aromatic rings. The summed E-state index contributed by atoms with van der Waals surface area (Å²) in [5.41, 5.74) is 0. The smallest absolute Gasteiger partial charge is 0.462 e. The number of phosphoric ester groups is 1. The second-order valence-corrected chi connectivity index (χ2v) is 20.7. The maximum absolute atomic E-state index is 12.6. The molecular weight excluding hydrogens is 808 g/mol. The molecule has 0 spiro atoms. The number of carbonyl (C=O) groups excluding carboxylic acids is 2. The van der Waals surface area contributed by atoms with Gasteiger partial charge in [0.15, 0.2) is 6.10 Å². The van der Waals surface area contributed by atoms with E-state index < -0.39 is 19.9 Å². The Morgan fingerprint density at radius 3 is 0.873 bits per heavy atom. The van der Waals surface area contributed by atoms with Gasteiger partial charge in [-0.2, -0.15) is 0 Å². The van der Waals surface area contributed by atoms with Crippen LogP contribution < -0.4 is 0 Å². The number of esters is 2. The molecule has 0 amide bonds. The van der Waals surface area contributed by atoms with E-state index in [-0.39, 0.29) is 25.6 Å². The Morgan fingerprint density at radius 2 is 0.619 bits per heavy atom. The Hall–Kier alpha value is -0.950. The second-order valence-electron chi connectivity index (χ2n) is 19.1. The first kappa shape index (κ1) is 62.1. The van der Waals surface area contributed by atoms with Crippen LogP contribution in [0.4, 0.5) is 0 Å². The highest BCUT2D eigenvalue weighted by Crippen LogP contribution is 2.42. The summed E-state index contributed by atoms with van der Waals surface area (Å²) in [6, 6.07) is 0. The Kier molecular flexibility index (Phi) is 49.7. The predicted molar refractivity (Wildman–Crippen MR) is 267 cm³/mol. The van der Waals surface area contributed by atoms with E-state index in [4.69, 9.17) is 14.0 Å². The number of rotatable bonds is 53. The van der Waals surface area contributed by atoms with Crippen LogP contribution in [0.3, 0.4) is 0 Å². The van der Waals surface area contributed by atoms with Gasteiger partial charge in [-0.1, -0.05) is 284 Å². The molecule has 0 radical (unpaired) electrons. The van der Waals surface area contributed by atoms with Crippen LogP contribution in [0.2, 0.25) is 0 Å². The quantitative estimate of drug-likeness (QED) is 0.0365. The standard InChI is InChI=1S/C54H107O8P/c1-4-6-8-10-12-14-16-18-20-22-24-26-28-30-32-34-36-38-40-42-44-46-48-53(55)60-50-52(51-61-63(57,58)59-3)62-54(56)49-47-45-43-41-39-37-35-33-31-29-27-25-23-21-19-17-15-13-11-9-7-5-2/h52H,4-51H2,1-3H3,(H,57,58). The topological polar surface area (TPSA) is 108 Å². The van der Waals surface area contributed by atoms with Crippen molar-refractivity contribution in [3.05, 3.63) is 0 Å². The molecule has 0 aliphatic carbocycles. The summed E-state index contributed by atoms with van der Waals surface area (Å²) >= 11 is 0. The van der Waals surface area contributed by atoms with E-state index in [0.29, 0.717) is 6.42 Å². The maximum Gasteiger partial charge on any atom is 0.472 e. The molecule has 0 rings (SSSR count). The molecule has 63 heavy (non-hydrogen) atoms. The van der Waals surface area contributed by atoms with Crippen LogP contribution in [-0.4, -0.2) is 43.3 Å². The van der Waals surface area contributed by atoms with Gasteiger partial charge in [0.1, 0.15) is 6.61 Å². The van der Waals surface area contributed by atoms with Crippen molar-refractivity contribution in [3.63, 3.8) is 0 Å². The van der Waals surface area contributed by atoms with E-state index in [1.165, 1.54) is 244 Å². The SMILES string of the molecule is CCCCCCCCCCCCCCCCCCCCCCCCC(=O)OCC(COP(=O)(O)OC)OC(=O)CCCCCCCCCCCCCCCCCCCCCCCC. The van der Waals surface area contributed by atoms with Crippen LogP contribution in [0.5, 0.6) is 0 Å². The molecule has 0 aliphatic rings. The Morgan fingerprint density at radius 1 is 0.381 bits per heavy atom. The third-order valence-corrected chi connectivity index (χ3v) is 13.8. The lowest BCUT2D eigenvalue weighted by molar-refractivity contribution is -0.161. The fourth-order valence-corrected chi connectivity index (χ4v) is 9.07. The molecule has 0 fully saturated rings. The Labute approximate surface area is 391 Å². The van der Waals surface area contributed by atoms with Crippen LogP contribution in [-0.2, 0) is 32.7 Å². The van der Waals surface area contributed by atoms with Gasteiger partial charge in [-0.05, 0) is 12.8 Å². The molecule has 2 unspecified atom stereocenters.